The van der Waals surface area contributed by atoms with Crippen molar-refractivity contribution in [2.24, 2.45) is 0 Å². The Balaban J connectivity index is 1.81. The Morgan fingerprint density at radius 2 is 2.00 bits per heavy atom. The molecule has 10 heteroatoms. The number of para-hydroxylation sites is 1. The topological polar surface area (TPSA) is 116 Å². The molecule has 0 fully saturated rings. The number of nitrogens with zero attached hydrogens (tertiary/aromatic N) is 2. The van der Waals surface area contributed by atoms with Crippen molar-refractivity contribution >= 4 is 43.0 Å². The molecule has 0 saturated carbocycles. The van der Waals surface area contributed by atoms with Gasteiger partial charge in [-0.1, -0.05) is 12.1 Å². The number of nitro benzene ring substituents is 1. The van der Waals surface area contributed by atoms with Crippen LogP contribution in [-0.2, 0) is 21.2 Å². The molecule has 8 nitrogen and oxygen atoms in total. The second kappa shape index (κ2) is 6.81. The van der Waals surface area contributed by atoms with E-state index in [1.165, 1.54) is 17.4 Å². The summed E-state index contributed by atoms with van der Waals surface area (Å²) >= 11 is 1.37. The van der Waals surface area contributed by atoms with Crippen molar-refractivity contribution in [3.63, 3.8) is 0 Å². The van der Waals surface area contributed by atoms with Crippen molar-refractivity contribution in [2.45, 2.75) is 11.5 Å². The molecular weight excluding hydrogens is 380 g/mol. The van der Waals surface area contributed by atoms with Crippen LogP contribution in [0.25, 0.3) is 10.2 Å². The lowest BCUT2D eigenvalue weighted by molar-refractivity contribution is -0.387. The summed E-state index contributed by atoms with van der Waals surface area (Å²) in [5.74, 6) is -0.799. The fraction of sp³-hybridized carbons (Fsp3) is 0.125. The van der Waals surface area contributed by atoms with Crippen LogP contribution in [0.15, 0.2) is 47.4 Å². The molecule has 3 aromatic rings. The van der Waals surface area contributed by atoms with Crippen LogP contribution < -0.4 is 0 Å². The minimum atomic E-state index is -3.79. The minimum Gasteiger partial charge on any atom is -0.455 e. The number of aromatic nitrogens is 1. The van der Waals surface area contributed by atoms with E-state index in [1.54, 1.807) is 0 Å². The molecule has 26 heavy (non-hydrogen) atoms. The SMILES string of the molecule is CS(=O)(=O)c1ccc(C(=O)OCc2nc3ccccc3s2)cc1[N+](=O)[O-]. The second-order valence-corrected chi connectivity index (χ2v) is 8.46. The van der Waals surface area contributed by atoms with E-state index in [1.807, 2.05) is 24.3 Å². The predicted molar refractivity (Wildman–Crippen MR) is 94.9 cm³/mol. The molecule has 0 unspecified atom stereocenters. The third kappa shape index (κ3) is 3.70. The van der Waals surface area contributed by atoms with Gasteiger partial charge in [0.25, 0.3) is 5.69 Å². The Morgan fingerprint density at radius 1 is 1.27 bits per heavy atom. The van der Waals surface area contributed by atoms with Gasteiger partial charge in [0.15, 0.2) is 9.84 Å². The summed E-state index contributed by atoms with van der Waals surface area (Å²) in [4.78, 5) is 26.3. The van der Waals surface area contributed by atoms with Gasteiger partial charge in [-0.15, -0.1) is 11.3 Å². The molecule has 0 aliphatic carbocycles. The normalized spacial score (nSPS) is 11.4. The molecule has 0 atom stereocenters. The fourth-order valence-electron chi connectivity index (χ4n) is 2.29. The van der Waals surface area contributed by atoms with Crippen LogP contribution in [0.3, 0.4) is 0 Å². The summed E-state index contributed by atoms with van der Waals surface area (Å²) in [6, 6.07) is 10.6. The predicted octanol–water partition coefficient (Wildman–Crippen LogP) is 2.97. The monoisotopic (exact) mass is 392 g/mol. The molecule has 1 heterocycles. The van der Waals surface area contributed by atoms with E-state index in [0.29, 0.717) is 5.01 Å². The zero-order valence-electron chi connectivity index (χ0n) is 13.4. The van der Waals surface area contributed by atoms with Gasteiger partial charge in [0, 0.05) is 12.3 Å². The minimum absolute atomic E-state index is 0.0835. The number of esters is 1. The summed E-state index contributed by atoms with van der Waals surface area (Å²) < 4.78 is 29.3. The molecule has 0 N–H and O–H groups in total. The molecule has 2 aromatic carbocycles. The first-order valence-corrected chi connectivity index (χ1v) is 9.96. The summed E-state index contributed by atoms with van der Waals surface area (Å²) in [6.45, 7) is -0.0835. The number of nitro groups is 1. The Hall–Kier alpha value is -2.85. The Bertz CT molecular complexity index is 1090. The molecule has 0 amide bonds. The van der Waals surface area contributed by atoms with Gasteiger partial charge in [-0.2, -0.15) is 0 Å². The highest BCUT2D eigenvalue weighted by molar-refractivity contribution is 7.90. The van der Waals surface area contributed by atoms with Crippen LogP contribution in [0.2, 0.25) is 0 Å². The lowest BCUT2D eigenvalue weighted by Gasteiger charge is -2.05. The maximum Gasteiger partial charge on any atom is 0.338 e. The maximum atomic E-state index is 12.2. The Labute approximate surface area is 152 Å². The summed E-state index contributed by atoms with van der Waals surface area (Å²) in [6.07, 6.45) is 0.862. The maximum absolute atomic E-state index is 12.2. The number of hydrogen-bond donors (Lipinski definition) is 0. The molecular formula is C16H12N2O6S2. The van der Waals surface area contributed by atoms with Crippen LogP contribution in [0.1, 0.15) is 15.4 Å². The number of carbonyl (C=O) groups is 1. The third-order valence-corrected chi connectivity index (χ3v) is 5.61. The van der Waals surface area contributed by atoms with Gasteiger partial charge in [0.05, 0.1) is 20.7 Å². The number of sulfone groups is 1. The molecule has 0 bridgehead atoms. The highest BCUT2D eigenvalue weighted by Gasteiger charge is 2.24. The number of benzene rings is 2. The van der Waals surface area contributed by atoms with E-state index in [0.717, 1.165) is 28.6 Å². The highest BCUT2D eigenvalue weighted by atomic mass is 32.2. The van der Waals surface area contributed by atoms with Crippen LogP contribution in [-0.4, -0.2) is 30.6 Å². The van der Waals surface area contributed by atoms with E-state index >= 15 is 0 Å². The van der Waals surface area contributed by atoms with E-state index < -0.39 is 31.3 Å². The van der Waals surface area contributed by atoms with E-state index in [9.17, 15) is 23.3 Å². The number of rotatable bonds is 5. The van der Waals surface area contributed by atoms with Crippen LogP contribution in [0, 0.1) is 10.1 Å². The molecule has 1 aromatic heterocycles. The Kier molecular flexibility index (Phi) is 4.70. The average molecular weight is 392 g/mol. The number of carbonyl (C=O) groups excluding carboxylic acids is 1. The standard InChI is InChI=1S/C16H12N2O6S2/c1-26(22,23)14-7-6-10(8-12(14)18(20)21)16(19)24-9-15-17-11-4-2-3-5-13(11)25-15/h2-8H,9H2,1H3. The smallest absolute Gasteiger partial charge is 0.338 e. The molecule has 0 radical (unpaired) electrons. The lowest BCUT2D eigenvalue weighted by atomic mass is 10.2. The number of hydrogen-bond acceptors (Lipinski definition) is 8. The second-order valence-electron chi connectivity index (χ2n) is 5.36. The van der Waals surface area contributed by atoms with Crippen molar-refractivity contribution < 1.29 is 22.9 Å². The van der Waals surface area contributed by atoms with Crippen LogP contribution in [0.4, 0.5) is 5.69 Å². The molecule has 134 valence electrons. The first kappa shape index (κ1) is 18.0. The molecule has 0 spiro atoms. The van der Waals surface area contributed by atoms with Gasteiger partial charge >= 0.3 is 5.97 Å². The Morgan fingerprint density at radius 3 is 2.65 bits per heavy atom. The largest absolute Gasteiger partial charge is 0.455 e. The summed E-state index contributed by atoms with van der Waals surface area (Å²) in [7, 11) is -3.79. The van der Waals surface area contributed by atoms with Crippen molar-refractivity contribution in [1.29, 1.82) is 0 Å². The zero-order valence-corrected chi connectivity index (χ0v) is 15.0. The lowest BCUT2D eigenvalue weighted by Crippen LogP contribution is -2.08. The summed E-state index contributed by atoms with van der Waals surface area (Å²) in [5.41, 5.74) is 0.0174. The van der Waals surface area contributed by atoms with E-state index in [2.05, 4.69) is 4.98 Å². The van der Waals surface area contributed by atoms with Gasteiger partial charge in [-0.05, 0) is 24.3 Å². The average Bonchev–Trinajstić information content (AvgIpc) is 3.01. The van der Waals surface area contributed by atoms with Crippen molar-refractivity contribution in [3.8, 4) is 0 Å². The van der Waals surface area contributed by atoms with Crippen LogP contribution in [0.5, 0.6) is 0 Å². The number of ether oxygens (including phenoxy) is 1. The molecule has 0 aliphatic heterocycles. The van der Waals surface area contributed by atoms with Gasteiger partial charge < -0.3 is 4.74 Å². The van der Waals surface area contributed by atoms with Crippen molar-refractivity contribution in [2.75, 3.05) is 6.26 Å². The van der Waals surface area contributed by atoms with E-state index in [4.69, 9.17) is 4.74 Å². The van der Waals surface area contributed by atoms with Gasteiger partial charge in [-0.25, -0.2) is 18.2 Å². The highest BCUT2D eigenvalue weighted by Crippen LogP contribution is 2.26. The van der Waals surface area contributed by atoms with Gasteiger partial charge in [-0.3, -0.25) is 10.1 Å². The number of thiazole rings is 1. The van der Waals surface area contributed by atoms with Gasteiger partial charge in [0.1, 0.15) is 16.5 Å². The first-order valence-electron chi connectivity index (χ1n) is 7.26. The van der Waals surface area contributed by atoms with E-state index in [-0.39, 0.29) is 12.2 Å². The summed E-state index contributed by atoms with van der Waals surface area (Å²) in [5, 5.41) is 11.7. The van der Waals surface area contributed by atoms with Crippen molar-refractivity contribution in [1.82, 2.24) is 4.98 Å². The van der Waals surface area contributed by atoms with Gasteiger partial charge in [0.2, 0.25) is 0 Å². The fourth-order valence-corrected chi connectivity index (χ4v) is 4.00. The number of fused-ring (bicyclic) bond motifs is 1. The molecule has 3 rings (SSSR count). The molecule has 0 saturated heterocycles. The third-order valence-electron chi connectivity index (χ3n) is 3.46. The molecule has 0 aliphatic rings. The first-order chi connectivity index (χ1) is 12.3. The van der Waals surface area contributed by atoms with Crippen LogP contribution >= 0.6 is 11.3 Å². The quantitative estimate of drug-likeness (QED) is 0.372. The van der Waals surface area contributed by atoms with Crippen molar-refractivity contribution in [3.05, 3.63) is 63.1 Å². The zero-order chi connectivity index (χ0) is 18.9.